The molecule has 1 aliphatic rings. The van der Waals surface area contributed by atoms with Crippen molar-refractivity contribution in [3.8, 4) is 17.2 Å². The van der Waals surface area contributed by atoms with E-state index >= 15 is 0 Å². The second kappa shape index (κ2) is 14.1. The van der Waals surface area contributed by atoms with Crippen LogP contribution in [0.5, 0.6) is 17.2 Å². The van der Waals surface area contributed by atoms with Gasteiger partial charge in [-0.25, -0.2) is 9.69 Å². The Kier molecular flexibility index (Phi) is 10.5. The molecule has 1 aliphatic heterocycles. The molecule has 0 aliphatic carbocycles. The lowest BCUT2D eigenvalue weighted by molar-refractivity contribution is -0.122. The lowest BCUT2D eigenvalue weighted by Crippen LogP contribution is -2.54. The summed E-state index contributed by atoms with van der Waals surface area (Å²) in [6.07, 6.45) is 3.34. The van der Waals surface area contributed by atoms with Gasteiger partial charge in [0.2, 0.25) is 0 Å². The molecular formula is C30H27Cl2IN2O6. The lowest BCUT2D eigenvalue weighted by atomic mass is 10.1. The highest BCUT2D eigenvalue weighted by atomic mass is 127. The Morgan fingerprint density at radius 1 is 0.927 bits per heavy atom. The van der Waals surface area contributed by atoms with Gasteiger partial charge in [-0.2, -0.15) is 0 Å². The quantitative estimate of drug-likeness (QED) is 0.0965. The second-order valence-corrected chi connectivity index (χ2v) is 10.9. The number of barbiturate groups is 1. The molecule has 214 valence electrons. The Labute approximate surface area is 261 Å². The van der Waals surface area contributed by atoms with Gasteiger partial charge in [-0.1, -0.05) is 42.6 Å². The Balaban J connectivity index is 1.59. The molecule has 0 spiro atoms. The molecule has 11 heteroatoms. The van der Waals surface area contributed by atoms with Gasteiger partial charge in [0.25, 0.3) is 11.8 Å². The van der Waals surface area contributed by atoms with Crippen LogP contribution in [-0.4, -0.2) is 31.1 Å². The van der Waals surface area contributed by atoms with Crippen molar-refractivity contribution in [1.82, 2.24) is 5.32 Å². The third kappa shape index (κ3) is 7.52. The molecule has 1 N–H and O–H groups in total. The molecule has 0 radical (unpaired) electrons. The number of ether oxygens (including phenoxy) is 3. The highest BCUT2D eigenvalue weighted by Gasteiger charge is 2.37. The number of carbonyl (C=O) groups is 3. The maximum absolute atomic E-state index is 13.4. The standard InChI is InChI=1S/C30H27Cl2IN2O6/c1-3-5-12-40-21-9-7-20(8-10-21)35-29(37)22(28(36)34-30(35)38)13-19-15-25(33)27(26(16-19)39-4-2)41-17-18-6-11-23(31)24(32)14-18/h6-11,13-16H,3-5,12,17H2,1-2H3,(H,34,36,38)/b22-13-. The Hall–Kier alpha value is -3.28. The van der Waals surface area contributed by atoms with Crippen LogP contribution in [0.2, 0.25) is 10.0 Å². The Morgan fingerprint density at radius 2 is 1.68 bits per heavy atom. The van der Waals surface area contributed by atoms with E-state index in [0.717, 1.165) is 23.3 Å². The summed E-state index contributed by atoms with van der Waals surface area (Å²) < 4.78 is 18.2. The fraction of sp³-hybridized carbons (Fsp3) is 0.233. The zero-order valence-electron chi connectivity index (χ0n) is 22.3. The summed E-state index contributed by atoms with van der Waals surface area (Å²) in [7, 11) is 0. The van der Waals surface area contributed by atoms with Crippen LogP contribution < -0.4 is 24.4 Å². The lowest BCUT2D eigenvalue weighted by Gasteiger charge is -2.26. The van der Waals surface area contributed by atoms with Gasteiger partial charge in [0, 0.05) is 0 Å². The van der Waals surface area contributed by atoms with Crippen molar-refractivity contribution in [3.05, 3.63) is 84.9 Å². The molecule has 0 atom stereocenters. The summed E-state index contributed by atoms with van der Waals surface area (Å²) in [5.41, 5.74) is 1.45. The minimum atomic E-state index is -0.826. The SMILES string of the molecule is CCCCOc1ccc(N2C(=O)NC(=O)/C(=C/c3cc(I)c(OCc4ccc(Cl)c(Cl)c4)c(OCC)c3)C2=O)cc1. The average Bonchev–Trinajstić information content (AvgIpc) is 2.93. The summed E-state index contributed by atoms with van der Waals surface area (Å²) in [6.45, 7) is 5.05. The first-order valence-electron chi connectivity index (χ1n) is 12.9. The summed E-state index contributed by atoms with van der Waals surface area (Å²) in [6, 6.07) is 14.4. The topological polar surface area (TPSA) is 94.2 Å². The number of carbonyl (C=O) groups excluding carboxylic acids is 3. The molecule has 1 fully saturated rings. The van der Waals surface area contributed by atoms with Gasteiger partial charge >= 0.3 is 6.03 Å². The van der Waals surface area contributed by atoms with Gasteiger partial charge in [-0.15, -0.1) is 0 Å². The normalized spacial score (nSPS) is 14.3. The van der Waals surface area contributed by atoms with Crippen molar-refractivity contribution in [2.24, 2.45) is 0 Å². The third-order valence-corrected chi connectivity index (χ3v) is 7.51. The maximum Gasteiger partial charge on any atom is 0.335 e. The number of halogens is 3. The van der Waals surface area contributed by atoms with Crippen LogP contribution in [0.1, 0.15) is 37.8 Å². The van der Waals surface area contributed by atoms with E-state index in [1.807, 2.05) is 13.0 Å². The highest BCUT2D eigenvalue weighted by Crippen LogP contribution is 2.36. The minimum Gasteiger partial charge on any atom is -0.494 e. The van der Waals surface area contributed by atoms with Gasteiger partial charge in [0.15, 0.2) is 11.5 Å². The zero-order chi connectivity index (χ0) is 29.5. The number of hydrogen-bond acceptors (Lipinski definition) is 6. The Bertz CT molecular complexity index is 1490. The predicted octanol–water partition coefficient (Wildman–Crippen LogP) is 7.42. The fourth-order valence-corrected chi connectivity index (χ4v) is 5.05. The number of anilines is 1. The van der Waals surface area contributed by atoms with Crippen molar-refractivity contribution >= 4 is 75.4 Å². The molecule has 1 heterocycles. The van der Waals surface area contributed by atoms with Crippen LogP contribution in [0.15, 0.2) is 60.2 Å². The van der Waals surface area contributed by atoms with Crippen LogP contribution in [0.3, 0.4) is 0 Å². The first kappa shape index (κ1) is 30.7. The average molecular weight is 709 g/mol. The fourth-order valence-electron chi connectivity index (χ4n) is 3.94. The third-order valence-electron chi connectivity index (χ3n) is 5.97. The van der Waals surface area contributed by atoms with Crippen LogP contribution in [0.4, 0.5) is 10.5 Å². The molecule has 3 aromatic rings. The van der Waals surface area contributed by atoms with E-state index in [1.54, 1.807) is 48.5 Å². The number of nitrogens with zero attached hydrogens (tertiary/aromatic N) is 1. The molecule has 4 rings (SSSR count). The summed E-state index contributed by atoms with van der Waals surface area (Å²) in [5, 5.41) is 3.12. The minimum absolute atomic E-state index is 0.199. The molecule has 1 saturated heterocycles. The van der Waals surface area contributed by atoms with E-state index < -0.39 is 17.8 Å². The molecule has 0 aromatic heterocycles. The molecule has 8 nitrogen and oxygen atoms in total. The molecule has 41 heavy (non-hydrogen) atoms. The van der Waals surface area contributed by atoms with E-state index in [1.165, 1.54) is 6.08 Å². The maximum atomic E-state index is 13.4. The van der Waals surface area contributed by atoms with Gasteiger partial charge in [0.1, 0.15) is 17.9 Å². The smallest absolute Gasteiger partial charge is 0.335 e. The monoisotopic (exact) mass is 708 g/mol. The first-order valence-corrected chi connectivity index (χ1v) is 14.7. The van der Waals surface area contributed by atoms with Crippen molar-refractivity contribution in [2.75, 3.05) is 18.1 Å². The largest absolute Gasteiger partial charge is 0.494 e. The number of imide groups is 2. The van der Waals surface area contributed by atoms with E-state index in [4.69, 9.17) is 37.4 Å². The number of amides is 4. The van der Waals surface area contributed by atoms with E-state index in [0.29, 0.717) is 55.3 Å². The van der Waals surface area contributed by atoms with Crippen molar-refractivity contribution in [1.29, 1.82) is 0 Å². The molecule has 4 amide bonds. The van der Waals surface area contributed by atoms with Gasteiger partial charge in [-0.05, 0) is 102 Å². The van der Waals surface area contributed by atoms with E-state index in [-0.39, 0.29) is 12.2 Å². The number of urea groups is 1. The number of benzene rings is 3. The number of hydrogen-bond donors (Lipinski definition) is 1. The van der Waals surface area contributed by atoms with Gasteiger partial charge in [0.05, 0.1) is 32.5 Å². The van der Waals surface area contributed by atoms with E-state index in [2.05, 4.69) is 34.8 Å². The molecule has 0 saturated carbocycles. The van der Waals surface area contributed by atoms with Gasteiger partial charge in [-0.3, -0.25) is 14.9 Å². The van der Waals surface area contributed by atoms with E-state index in [9.17, 15) is 14.4 Å². The molecule has 0 bridgehead atoms. The van der Waals surface area contributed by atoms with Crippen LogP contribution in [-0.2, 0) is 16.2 Å². The highest BCUT2D eigenvalue weighted by molar-refractivity contribution is 14.1. The van der Waals surface area contributed by atoms with Crippen LogP contribution in [0.25, 0.3) is 6.08 Å². The van der Waals surface area contributed by atoms with Crippen LogP contribution in [0, 0.1) is 3.57 Å². The van der Waals surface area contributed by atoms with Gasteiger partial charge < -0.3 is 14.2 Å². The molecular weight excluding hydrogens is 682 g/mol. The first-order chi connectivity index (χ1) is 19.7. The molecule has 0 unspecified atom stereocenters. The molecule has 3 aromatic carbocycles. The number of nitrogens with one attached hydrogen (secondary N) is 1. The van der Waals surface area contributed by atoms with Crippen LogP contribution >= 0.6 is 45.8 Å². The second-order valence-electron chi connectivity index (χ2n) is 8.95. The van der Waals surface area contributed by atoms with Crippen molar-refractivity contribution in [3.63, 3.8) is 0 Å². The van der Waals surface area contributed by atoms with Crippen molar-refractivity contribution < 1.29 is 28.6 Å². The number of unbranched alkanes of at least 4 members (excludes halogenated alkanes) is 1. The summed E-state index contributed by atoms with van der Waals surface area (Å²) >= 11 is 14.2. The summed E-state index contributed by atoms with van der Waals surface area (Å²) in [5.74, 6) is 0.0214. The summed E-state index contributed by atoms with van der Waals surface area (Å²) in [4.78, 5) is 39.7. The van der Waals surface area contributed by atoms with Crippen molar-refractivity contribution in [2.45, 2.75) is 33.3 Å². The Morgan fingerprint density at radius 3 is 2.37 bits per heavy atom. The predicted molar refractivity (Wildman–Crippen MR) is 167 cm³/mol. The zero-order valence-corrected chi connectivity index (χ0v) is 26.0. The number of rotatable bonds is 11.